The van der Waals surface area contributed by atoms with Gasteiger partial charge in [-0.2, -0.15) is 0 Å². The number of hydrogen-bond acceptors (Lipinski definition) is 6. The molecule has 0 aliphatic carbocycles. The van der Waals surface area contributed by atoms with Gasteiger partial charge in [-0.1, -0.05) is 38.9 Å². The first-order chi connectivity index (χ1) is 14.9. The normalized spacial score (nSPS) is 10.6. The molecule has 0 saturated heterocycles. The zero-order valence-corrected chi connectivity index (χ0v) is 19.4. The van der Waals surface area contributed by atoms with Crippen molar-refractivity contribution in [1.82, 2.24) is 10.3 Å². The molecule has 2 aromatic carbocycles. The summed E-state index contributed by atoms with van der Waals surface area (Å²) in [5.41, 5.74) is 1.67. The van der Waals surface area contributed by atoms with Gasteiger partial charge in [-0.05, 0) is 60.7 Å². The lowest BCUT2D eigenvalue weighted by molar-refractivity contribution is 0.0975. The van der Waals surface area contributed by atoms with Crippen molar-refractivity contribution in [1.29, 1.82) is 0 Å². The topological polar surface area (TPSA) is 96.3 Å². The number of furan rings is 1. The third-order valence-electron chi connectivity index (χ3n) is 4.01. The lowest BCUT2D eigenvalue weighted by atomic mass is 10.2. The number of carbonyl (C=O) groups excluding carboxylic acids is 2. The quantitative estimate of drug-likeness (QED) is 0.291. The van der Waals surface area contributed by atoms with Gasteiger partial charge in [0.25, 0.3) is 11.8 Å². The van der Waals surface area contributed by atoms with Crippen molar-refractivity contribution in [3.05, 3.63) is 75.6 Å². The average molecular weight is 536 g/mol. The summed E-state index contributed by atoms with van der Waals surface area (Å²) in [5, 5.41) is 9.15. The van der Waals surface area contributed by atoms with Crippen LogP contribution in [0.3, 0.4) is 0 Å². The summed E-state index contributed by atoms with van der Waals surface area (Å²) in [6, 6.07) is 13.6. The van der Waals surface area contributed by atoms with Crippen LogP contribution in [0.1, 0.15) is 20.9 Å². The Hall–Kier alpha value is -2.79. The summed E-state index contributed by atoms with van der Waals surface area (Å²) in [5.74, 6) is -0.601. The van der Waals surface area contributed by atoms with Gasteiger partial charge in [-0.25, -0.2) is 4.98 Å². The fourth-order valence-corrected chi connectivity index (χ4v) is 4.30. The molecule has 0 fully saturated rings. The lowest BCUT2D eigenvalue weighted by Crippen LogP contribution is -2.34. The number of anilines is 2. The Labute approximate surface area is 198 Å². The van der Waals surface area contributed by atoms with Crippen molar-refractivity contribution in [2.45, 2.75) is 0 Å². The molecular formula is C20H12BrClN4O3S2. The third-order valence-corrected chi connectivity index (χ3v) is 5.97. The average Bonchev–Trinajstić information content (AvgIpc) is 3.39. The maximum atomic E-state index is 12.4. The van der Waals surface area contributed by atoms with E-state index in [9.17, 15) is 9.59 Å². The SMILES string of the molecule is O=C(Nc1nc2ccc(NC(=S)NC(=O)c3cc(Br)ccc3Cl)cc2s1)c1ccco1. The number of thiocarbonyl (C=S) groups is 1. The molecule has 4 rings (SSSR count). The highest BCUT2D eigenvalue weighted by molar-refractivity contribution is 9.10. The first-order valence-corrected chi connectivity index (χ1v) is 11.1. The van der Waals surface area contributed by atoms with Crippen molar-refractivity contribution in [2.24, 2.45) is 0 Å². The molecule has 0 unspecified atom stereocenters. The fourth-order valence-electron chi connectivity index (χ4n) is 2.63. The van der Waals surface area contributed by atoms with Crippen LogP contribution in [0.25, 0.3) is 10.2 Å². The molecule has 0 spiro atoms. The summed E-state index contributed by atoms with van der Waals surface area (Å²) >= 11 is 15.9. The van der Waals surface area contributed by atoms with E-state index in [4.69, 9.17) is 28.2 Å². The zero-order chi connectivity index (χ0) is 22.0. The van der Waals surface area contributed by atoms with Crippen LogP contribution in [0.15, 0.2) is 63.7 Å². The predicted octanol–water partition coefficient (Wildman–Crippen LogP) is 5.68. The monoisotopic (exact) mass is 534 g/mol. The molecule has 0 atom stereocenters. The molecule has 0 radical (unpaired) electrons. The fraction of sp³-hybridized carbons (Fsp3) is 0. The number of hydrogen-bond donors (Lipinski definition) is 3. The van der Waals surface area contributed by atoms with Crippen LogP contribution >= 0.6 is 51.1 Å². The van der Waals surface area contributed by atoms with Gasteiger partial charge in [0.1, 0.15) is 0 Å². The lowest BCUT2D eigenvalue weighted by Gasteiger charge is -2.10. The molecule has 0 saturated carbocycles. The number of rotatable bonds is 4. The Bertz CT molecular complexity index is 1310. The number of nitrogens with one attached hydrogen (secondary N) is 3. The minimum Gasteiger partial charge on any atom is -0.459 e. The van der Waals surface area contributed by atoms with E-state index in [1.807, 2.05) is 6.07 Å². The van der Waals surface area contributed by atoms with E-state index >= 15 is 0 Å². The van der Waals surface area contributed by atoms with Crippen molar-refractivity contribution in [2.75, 3.05) is 10.6 Å². The number of halogens is 2. The van der Waals surface area contributed by atoms with Gasteiger partial charge < -0.3 is 9.73 Å². The van der Waals surface area contributed by atoms with Gasteiger partial charge >= 0.3 is 0 Å². The summed E-state index contributed by atoms with van der Waals surface area (Å²) in [6.07, 6.45) is 1.43. The molecule has 0 aliphatic heterocycles. The van der Waals surface area contributed by atoms with E-state index in [0.717, 1.165) is 9.17 Å². The van der Waals surface area contributed by atoms with Crippen LogP contribution < -0.4 is 16.0 Å². The summed E-state index contributed by atoms with van der Waals surface area (Å²) in [4.78, 5) is 28.9. The first-order valence-electron chi connectivity index (χ1n) is 8.72. The molecule has 2 heterocycles. The molecule has 2 amide bonds. The summed E-state index contributed by atoms with van der Waals surface area (Å²) in [6.45, 7) is 0. The Morgan fingerprint density at radius 1 is 1.10 bits per heavy atom. The van der Waals surface area contributed by atoms with E-state index in [-0.39, 0.29) is 16.8 Å². The van der Waals surface area contributed by atoms with Gasteiger partial charge in [0.15, 0.2) is 16.0 Å². The van der Waals surface area contributed by atoms with Crippen LogP contribution in [0.4, 0.5) is 10.8 Å². The third kappa shape index (κ3) is 5.10. The number of amides is 2. The van der Waals surface area contributed by atoms with Crippen LogP contribution in [0.2, 0.25) is 5.02 Å². The molecule has 156 valence electrons. The maximum Gasteiger partial charge on any atom is 0.293 e. The number of aromatic nitrogens is 1. The molecule has 0 bridgehead atoms. The summed E-state index contributed by atoms with van der Waals surface area (Å²) < 4.78 is 6.63. The Morgan fingerprint density at radius 3 is 2.71 bits per heavy atom. The van der Waals surface area contributed by atoms with Gasteiger partial charge in [0, 0.05) is 10.2 Å². The maximum absolute atomic E-state index is 12.4. The molecule has 31 heavy (non-hydrogen) atoms. The van der Waals surface area contributed by atoms with E-state index in [0.29, 0.717) is 26.9 Å². The minimum atomic E-state index is -0.425. The Kier molecular flexibility index (Phi) is 6.33. The minimum absolute atomic E-state index is 0.122. The Morgan fingerprint density at radius 2 is 1.94 bits per heavy atom. The van der Waals surface area contributed by atoms with Crippen LogP contribution in [0.5, 0.6) is 0 Å². The predicted molar refractivity (Wildman–Crippen MR) is 129 cm³/mol. The second-order valence-corrected chi connectivity index (χ2v) is 8.93. The van der Waals surface area contributed by atoms with Crippen molar-refractivity contribution >= 4 is 89.0 Å². The molecule has 0 aliphatic rings. The number of fused-ring (bicyclic) bond motifs is 1. The molecular weight excluding hydrogens is 524 g/mol. The number of benzene rings is 2. The van der Waals surface area contributed by atoms with Gasteiger partial charge in [-0.15, -0.1) is 0 Å². The van der Waals surface area contributed by atoms with Crippen molar-refractivity contribution in [3.8, 4) is 0 Å². The van der Waals surface area contributed by atoms with Gasteiger partial charge in [-0.3, -0.25) is 20.2 Å². The molecule has 3 N–H and O–H groups in total. The molecule has 2 aromatic heterocycles. The number of nitrogens with zero attached hydrogens (tertiary/aromatic N) is 1. The first kappa shape index (κ1) is 21.4. The molecule has 11 heteroatoms. The van der Waals surface area contributed by atoms with E-state index in [2.05, 4.69) is 36.9 Å². The van der Waals surface area contributed by atoms with E-state index < -0.39 is 5.91 Å². The van der Waals surface area contributed by atoms with E-state index in [1.54, 1.807) is 42.5 Å². The molecule has 4 aromatic rings. The highest BCUT2D eigenvalue weighted by atomic mass is 79.9. The standard InChI is InChI=1S/C20H12BrClN4O3S2/c21-10-3-5-13(22)12(8-10)17(27)25-19(30)23-11-4-6-14-16(9-11)31-20(24-14)26-18(28)15-2-1-7-29-15/h1-9H,(H,24,26,28)(H2,23,25,27,30). The van der Waals surface area contributed by atoms with Crippen LogP contribution in [-0.4, -0.2) is 21.9 Å². The second-order valence-electron chi connectivity index (χ2n) is 6.17. The van der Waals surface area contributed by atoms with Gasteiger partial charge in [0.2, 0.25) is 0 Å². The smallest absolute Gasteiger partial charge is 0.293 e. The number of carbonyl (C=O) groups is 2. The molecule has 7 nitrogen and oxygen atoms in total. The second kappa shape index (κ2) is 9.15. The summed E-state index contributed by atoms with van der Waals surface area (Å²) in [7, 11) is 0. The van der Waals surface area contributed by atoms with Gasteiger partial charge in [0.05, 0.1) is 27.1 Å². The van der Waals surface area contributed by atoms with Crippen molar-refractivity contribution in [3.63, 3.8) is 0 Å². The van der Waals surface area contributed by atoms with Crippen molar-refractivity contribution < 1.29 is 14.0 Å². The van der Waals surface area contributed by atoms with Crippen LogP contribution in [-0.2, 0) is 0 Å². The van der Waals surface area contributed by atoms with Crippen LogP contribution in [0, 0.1) is 0 Å². The highest BCUT2D eigenvalue weighted by Gasteiger charge is 2.14. The van der Waals surface area contributed by atoms with E-state index in [1.165, 1.54) is 17.6 Å². The number of thiazole rings is 1. The Balaban J connectivity index is 1.43. The highest BCUT2D eigenvalue weighted by Crippen LogP contribution is 2.29. The zero-order valence-electron chi connectivity index (χ0n) is 15.4. The largest absolute Gasteiger partial charge is 0.459 e.